The molecular weight excluding hydrogens is 409 g/mol. The van der Waals surface area contributed by atoms with Crippen molar-refractivity contribution in [1.29, 1.82) is 0 Å². The largest absolute Gasteiger partial charge is 0.389 e. The molecular formula is C19H28BrF3N2O. The van der Waals surface area contributed by atoms with Crippen LogP contribution in [0.25, 0.3) is 0 Å². The molecule has 0 aromatic carbocycles. The molecule has 1 N–H and O–H groups in total. The molecule has 0 bridgehead atoms. The van der Waals surface area contributed by atoms with Crippen molar-refractivity contribution in [2.75, 3.05) is 5.32 Å². The second-order valence-electron chi connectivity index (χ2n) is 7.07. The highest BCUT2D eigenvalue weighted by Gasteiger charge is 2.25. The van der Waals surface area contributed by atoms with Crippen molar-refractivity contribution in [3.05, 3.63) is 23.9 Å². The molecule has 0 radical (unpaired) electrons. The van der Waals surface area contributed by atoms with Gasteiger partial charge in [-0.3, -0.25) is 4.79 Å². The molecule has 0 saturated carbocycles. The Bertz CT molecular complexity index is 539. The molecule has 1 aromatic rings. The maximum absolute atomic E-state index is 12.0. The number of halogens is 4. The highest BCUT2D eigenvalue weighted by Crippen LogP contribution is 2.23. The highest BCUT2D eigenvalue weighted by molar-refractivity contribution is 9.10. The van der Waals surface area contributed by atoms with Crippen LogP contribution in [0.4, 0.5) is 19.0 Å². The van der Waals surface area contributed by atoms with Gasteiger partial charge >= 0.3 is 6.18 Å². The molecule has 0 aliphatic carbocycles. The van der Waals surface area contributed by atoms with Gasteiger partial charge < -0.3 is 5.32 Å². The first kappa shape index (κ1) is 22.9. The fraction of sp³-hybridized carbons (Fsp3) is 0.684. The van der Waals surface area contributed by atoms with E-state index in [-0.39, 0.29) is 12.3 Å². The Hall–Kier alpha value is -1.11. The number of rotatable bonds is 11. The van der Waals surface area contributed by atoms with Crippen LogP contribution < -0.4 is 5.32 Å². The van der Waals surface area contributed by atoms with Gasteiger partial charge in [-0.1, -0.05) is 54.1 Å². The number of nitrogens with zero attached hydrogens (tertiary/aromatic N) is 1. The molecule has 0 spiro atoms. The van der Waals surface area contributed by atoms with E-state index in [0.717, 1.165) is 44.1 Å². The molecule has 0 saturated heterocycles. The van der Waals surface area contributed by atoms with Crippen LogP contribution in [0.3, 0.4) is 0 Å². The second-order valence-corrected chi connectivity index (χ2v) is 9.05. The van der Waals surface area contributed by atoms with Crippen LogP contribution in [0.15, 0.2) is 18.3 Å². The molecule has 0 aliphatic rings. The van der Waals surface area contributed by atoms with Crippen LogP contribution in [0.2, 0.25) is 0 Å². The summed E-state index contributed by atoms with van der Waals surface area (Å²) >= 11 is 3.30. The van der Waals surface area contributed by atoms with E-state index >= 15 is 0 Å². The van der Waals surface area contributed by atoms with Gasteiger partial charge in [0.05, 0.1) is 4.32 Å². The summed E-state index contributed by atoms with van der Waals surface area (Å²) < 4.78 is 35.4. The van der Waals surface area contributed by atoms with Crippen LogP contribution in [-0.2, 0) is 11.2 Å². The van der Waals surface area contributed by atoms with E-state index in [9.17, 15) is 18.0 Å². The number of hydrogen-bond acceptors (Lipinski definition) is 2. The number of aryl methyl sites for hydroxylation is 1. The van der Waals surface area contributed by atoms with Crippen molar-refractivity contribution in [3.63, 3.8) is 0 Å². The Morgan fingerprint density at radius 3 is 2.12 bits per heavy atom. The lowest BCUT2D eigenvalue weighted by atomic mass is 10.0. The third-order valence-electron chi connectivity index (χ3n) is 4.03. The topological polar surface area (TPSA) is 42.0 Å². The van der Waals surface area contributed by atoms with Crippen molar-refractivity contribution in [2.45, 2.75) is 82.1 Å². The standard InChI is InChI=1S/C19H28BrF3N2O/c1-18(2,20)17(26)25-16-12-11-15(14-24-16)10-8-6-4-3-5-7-9-13-19(21,22)23/h11-12,14H,3-10,13H2,1-2H3,(H,24,25,26). The van der Waals surface area contributed by atoms with E-state index < -0.39 is 16.9 Å². The summed E-state index contributed by atoms with van der Waals surface area (Å²) in [5.41, 5.74) is 1.12. The summed E-state index contributed by atoms with van der Waals surface area (Å²) in [5.74, 6) is 0.387. The zero-order valence-corrected chi connectivity index (χ0v) is 17.0. The molecule has 26 heavy (non-hydrogen) atoms. The fourth-order valence-corrected chi connectivity index (χ4v) is 2.55. The van der Waals surface area contributed by atoms with Gasteiger partial charge in [0.15, 0.2) is 0 Å². The second kappa shape index (κ2) is 10.9. The Kier molecular flexibility index (Phi) is 9.61. The summed E-state index contributed by atoms with van der Waals surface area (Å²) in [6.07, 6.45) is 3.91. The van der Waals surface area contributed by atoms with Gasteiger partial charge in [-0.05, 0) is 44.7 Å². The maximum atomic E-state index is 12.0. The minimum absolute atomic E-state index is 0.145. The number of anilines is 1. The number of aromatic nitrogens is 1. The third kappa shape index (κ3) is 10.8. The monoisotopic (exact) mass is 436 g/mol. The van der Waals surface area contributed by atoms with Crippen LogP contribution in [0.5, 0.6) is 0 Å². The summed E-state index contributed by atoms with van der Waals surface area (Å²) in [7, 11) is 0. The molecule has 0 atom stereocenters. The van der Waals surface area contributed by atoms with Gasteiger partial charge in [0, 0.05) is 12.6 Å². The quantitative estimate of drug-likeness (QED) is 0.321. The minimum atomic E-state index is -4.02. The Morgan fingerprint density at radius 2 is 1.62 bits per heavy atom. The van der Waals surface area contributed by atoms with E-state index in [1.165, 1.54) is 0 Å². The number of pyridine rings is 1. The highest BCUT2D eigenvalue weighted by atomic mass is 79.9. The van der Waals surface area contributed by atoms with E-state index in [2.05, 4.69) is 26.2 Å². The number of carbonyl (C=O) groups excluding carboxylic acids is 1. The van der Waals surface area contributed by atoms with E-state index in [0.29, 0.717) is 12.2 Å². The number of amides is 1. The average molecular weight is 437 g/mol. The van der Waals surface area contributed by atoms with E-state index in [4.69, 9.17) is 0 Å². The summed E-state index contributed by atoms with van der Waals surface area (Å²) in [6.45, 7) is 3.54. The summed E-state index contributed by atoms with van der Waals surface area (Å²) in [6, 6.07) is 3.76. The SMILES string of the molecule is CC(C)(Br)C(=O)Nc1ccc(CCCCCCCCCC(F)(F)F)cn1. The molecule has 1 rings (SSSR count). The fourth-order valence-electron chi connectivity index (χ4n) is 2.45. The first-order valence-corrected chi connectivity index (χ1v) is 9.89. The van der Waals surface area contributed by atoms with Crippen LogP contribution >= 0.6 is 15.9 Å². The molecule has 1 amide bonds. The predicted octanol–water partition coefficient (Wildman–Crippen LogP) is 6.42. The van der Waals surface area contributed by atoms with Gasteiger partial charge in [-0.2, -0.15) is 13.2 Å². The van der Waals surface area contributed by atoms with E-state index in [1.54, 1.807) is 26.1 Å². The van der Waals surface area contributed by atoms with Gasteiger partial charge in [-0.15, -0.1) is 0 Å². The van der Waals surface area contributed by atoms with Gasteiger partial charge in [0.2, 0.25) is 5.91 Å². The normalized spacial score (nSPS) is 12.2. The number of carbonyl (C=O) groups is 1. The van der Waals surface area contributed by atoms with Crippen LogP contribution in [0.1, 0.15) is 70.8 Å². The number of unbranched alkanes of at least 4 members (excludes halogenated alkanes) is 6. The van der Waals surface area contributed by atoms with Crippen molar-refractivity contribution >= 4 is 27.7 Å². The number of nitrogens with one attached hydrogen (secondary N) is 1. The number of hydrogen-bond donors (Lipinski definition) is 1. The molecule has 7 heteroatoms. The molecule has 1 heterocycles. The molecule has 148 valence electrons. The van der Waals surface area contributed by atoms with Crippen molar-refractivity contribution in [1.82, 2.24) is 4.98 Å². The lowest BCUT2D eigenvalue weighted by molar-refractivity contribution is -0.135. The third-order valence-corrected chi connectivity index (χ3v) is 4.39. The average Bonchev–Trinajstić information content (AvgIpc) is 2.53. The van der Waals surface area contributed by atoms with E-state index in [1.807, 2.05) is 6.07 Å². The molecule has 1 aromatic heterocycles. The molecule has 0 fully saturated rings. The Morgan fingerprint density at radius 1 is 1.04 bits per heavy atom. The van der Waals surface area contributed by atoms with Gasteiger partial charge in [0.25, 0.3) is 0 Å². The Balaban J connectivity index is 2.12. The minimum Gasteiger partial charge on any atom is -0.309 e. The molecule has 0 unspecified atom stereocenters. The maximum Gasteiger partial charge on any atom is 0.389 e. The Labute approximate surface area is 162 Å². The van der Waals surface area contributed by atoms with Crippen LogP contribution in [0, 0.1) is 0 Å². The predicted molar refractivity (Wildman–Crippen MR) is 103 cm³/mol. The van der Waals surface area contributed by atoms with Gasteiger partial charge in [0.1, 0.15) is 5.82 Å². The smallest absolute Gasteiger partial charge is 0.309 e. The zero-order chi connectivity index (χ0) is 19.6. The van der Waals surface area contributed by atoms with Gasteiger partial charge in [-0.25, -0.2) is 4.98 Å². The lowest BCUT2D eigenvalue weighted by Crippen LogP contribution is -2.31. The first-order chi connectivity index (χ1) is 12.1. The zero-order valence-electron chi connectivity index (χ0n) is 15.5. The first-order valence-electron chi connectivity index (χ1n) is 9.10. The number of alkyl halides is 4. The summed E-state index contributed by atoms with van der Waals surface area (Å²) in [4.78, 5) is 16.1. The van der Waals surface area contributed by atoms with Crippen molar-refractivity contribution < 1.29 is 18.0 Å². The van der Waals surface area contributed by atoms with Crippen molar-refractivity contribution in [3.8, 4) is 0 Å². The molecule has 0 aliphatic heterocycles. The summed E-state index contributed by atoms with van der Waals surface area (Å²) in [5, 5.41) is 2.75. The lowest BCUT2D eigenvalue weighted by Gasteiger charge is -2.15. The van der Waals surface area contributed by atoms with Crippen LogP contribution in [-0.4, -0.2) is 21.4 Å². The molecule has 3 nitrogen and oxygen atoms in total. The van der Waals surface area contributed by atoms with Crippen molar-refractivity contribution in [2.24, 2.45) is 0 Å².